The van der Waals surface area contributed by atoms with Crippen LogP contribution in [0, 0.1) is 17.5 Å². The van der Waals surface area contributed by atoms with Crippen LogP contribution in [0.3, 0.4) is 0 Å². The summed E-state index contributed by atoms with van der Waals surface area (Å²) in [7, 11) is 0. The van der Waals surface area contributed by atoms with Gasteiger partial charge in [0.2, 0.25) is 0 Å². The molecule has 0 heterocycles. The molecule has 0 atom stereocenters. The summed E-state index contributed by atoms with van der Waals surface area (Å²) >= 11 is 0. The van der Waals surface area contributed by atoms with Gasteiger partial charge in [0.05, 0.1) is 6.61 Å². The standard InChI is InChI=1S/C14H16F3NO3/c1-4-21-12(19)7-18(8(2)3)14(20)13-10(16)5-9(15)6-11(13)17/h5-6,8H,4,7H2,1-3H3. The quantitative estimate of drug-likeness (QED) is 0.785. The Morgan fingerprint density at radius 3 is 2.14 bits per heavy atom. The molecule has 116 valence electrons. The van der Waals surface area contributed by atoms with Crippen molar-refractivity contribution in [1.82, 2.24) is 4.90 Å². The summed E-state index contributed by atoms with van der Waals surface area (Å²) in [5, 5.41) is 0. The second-order valence-electron chi connectivity index (χ2n) is 4.58. The van der Waals surface area contributed by atoms with Crippen LogP contribution in [-0.2, 0) is 9.53 Å². The van der Waals surface area contributed by atoms with Gasteiger partial charge in [-0.05, 0) is 20.8 Å². The maximum absolute atomic E-state index is 13.6. The van der Waals surface area contributed by atoms with Gasteiger partial charge in [0, 0.05) is 18.2 Å². The lowest BCUT2D eigenvalue weighted by molar-refractivity contribution is -0.144. The fourth-order valence-corrected chi connectivity index (χ4v) is 1.72. The number of amides is 1. The number of benzene rings is 1. The Balaban J connectivity index is 3.10. The summed E-state index contributed by atoms with van der Waals surface area (Å²) < 4.78 is 44.8. The van der Waals surface area contributed by atoms with Crippen LogP contribution in [0.15, 0.2) is 12.1 Å². The molecule has 0 saturated carbocycles. The van der Waals surface area contributed by atoms with Gasteiger partial charge in [0.25, 0.3) is 5.91 Å². The number of hydrogen-bond acceptors (Lipinski definition) is 3. The molecule has 0 fully saturated rings. The van der Waals surface area contributed by atoms with Crippen LogP contribution < -0.4 is 0 Å². The predicted octanol–water partition coefficient (Wildman–Crippen LogP) is 2.52. The van der Waals surface area contributed by atoms with E-state index in [2.05, 4.69) is 0 Å². The van der Waals surface area contributed by atoms with Crippen molar-refractivity contribution < 1.29 is 27.5 Å². The van der Waals surface area contributed by atoms with Crippen molar-refractivity contribution in [3.05, 3.63) is 35.1 Å². The highest BCUT2D eigenvalue weighted by molar-refractivity contribution is 5.96. The lowest BCUT2D eigenvalue weighted by Gasteiger charge is -2.26. The number of carbonyl (C=O) groups is 2. The Labute approximate surface area is 120 Å². The molecule has 4 nitrogen and oxygen atoms in total. The van der Waals surface area contributed by atoms with Gasteiger partial charge in [-0.25, -0.2) is 13.2 Å². The molecule has 1 amide bonds. The first kappa shape index (κ1) is 17.0. The maximum atomic E-state index is 13.6. The molecule has 21 heavy (non-hydrogen) atoms. The third-order valence-corrected chi connectivity index (χ3v) is 2.71. The third-order valence-electron chi connectivity index (χ3n) is 2.71. The summed E-state index contributed by atoms with van der Waals surface area (Å²) in [6.07, 6.45) is 0. The second kappa shape index (κ2) is 7.10. The number of hydrogen-bond donors (Lipinski definition) is 0. The van der Waals surface area contributed by atoms with E-state index < -0.39 is 47.5 Å². The first-order chi connectivity index (χ1) is 9.77. The van der Waals surface area contributed by atoms with E-state index in [1.807, 2.05) is 0 Å². The lowest BCUT2D eigenvalue weighted by atomic mass is 10.1. The molecule has 0 aromatic heterocycles. The molecule has 0 aliphatic rings. The van der Waals surface area contributed by atoms with Gasteiger partial charge in [0.15, 0.2) is 0 Å². The van der Waals surface area contributed by atoms with Gasteiger partial charge in [0.1, 0.15) is 29.6 Å². The molecular weight excluding hydrogens is 287 g/mol. The molecule has 0 N–H and O–H groups in total. The van der Waals surface area contributed by atoms with E-state index >= 15 is 0 Å². The molecule has 0 bridgehead atoms. The highest BCUT2D eigenvalue weighted by atomic mass is 19.1. The highest BCUT2D eigenvalue weighted by Gasteiger charge is 2.27. The van der Waals surface area contributed by atoms with E-state index in [0.29, 0.717) is 12.1 Å². The fraction of sp³-hybridized carbons (Fsp3) is 0.429. The summed E-state index contributed by atoms with van der Waals surface area (Å²) in [5.74, 6) is -5.47. The average Bonchev–Trinajstić information content (AvgIpc) is 2.34. The number of nitrogens with zero attached hydrogens (tertiary/aromatic N) is 1. The van der Waals surface area contributed by atoms with E-state index in [4.69, 9.17) is 4.74 Å². The van der Waals surface area contributed by atoms with Gasteiger partial charge in [-0.1, -0.05) is 0 Å². The van der Waals surface area contributed by atoms with E-state index in [-0.39, 0.29) is 6.61 Å². The van der Waals surface area contributed by atoms with Crippen LogP contribution in [-0.4, -0.2) is 36.0 Å². The van der Waals surface area contributed by atoms with E-state index in [1.165, 1.54) is 0 Å². The van der Waals surface area contributed by atoms with Crippen LogP contribution in [0.5, 0.6) is 0 Å². The Hall–Kier alpha value is -2.05. The van der Waals surface area contributed by atoms with Gasteiger partial charge < -0.3 is 9.64 Å². The zero-order chi connectivity index (χ0) is 16.2. The molecule has 0 unspecified atom stereocenters. The average molecular weight is 303 g/mol. The van der Waals surface area contributed by atoms with Crippen molar-refractivity contribution >= 4 is 11.9 Å². The SMILES string of the molecule is CCOC(=O)CN(C(=O)c1c(F)cc(F)cc1F)C(C)C. The molecule has 0 radical (unpaired) electrons. The smallest absolute Gasteiger partial charge is 0.325 e. The predicted molar refractivity (Wildman–Crippen MR) is 69.1 cm³/mol. The zero-order valence-electron chi connectivity index (χ0n) is 12.0. The molecule has 1 rings (SSSR count). The van der Waals surface area contributed by atoms with E-state index in [0.717, 1.165) is 4.90 Å². The van der Waals surface area contributed by atoms with Crippen molar-refractivity contribution in [1.29, 1.82) is 0 Å². The van der Waals surface area contributed by atoms with Gasteiger partial charge >= 0.3 is 5.97 Å². The Morgan fingerprint density at radius 2 is 1.71 bits per heavy atom. The largest absolute Gasteiger partial charge is 0.465 e. The van der Waals surface area contributed by atoms with Gasteiger partial charge in [-0.2, -0.15) is 0 Å². The van der Waals surface area contributed by atoms with Crippen molar-refractivity contribution in [3.8, 4) is 0 Å². The molecule has 0 spiro atoms. The monoisotopic (exact) mass is 303 g/mol. The van der Waals surface area contributed by atoms with Gasteiger partial charge in [-0.15, -0.1) is 0 Å². The van der Waals surface area contributed by atoms with Crippen LogP contribution >= 0.6 is 0 Å². The first-order valence-electron chi connectivity index (χ1n) is 6.39. The van der Waals surface area contributed by atoms with E-state index in [9.17, 15) is 22.8 Å². The summed E-state index contributed by atoms with van der Waals surface area (Å²) in [4.78, 5) is 24.6. The van der Waals surface area contributed by atoms with Crippen molar-refractivity contribution in [3.63, 3.8) is 0 Å². The molecular formula is C14H16F3NO3. The van der Waals surface area contributed by atoms with E-state index in [1.54, 1.807) is 20.8 Å². The summed E-state index contributed by atoms with van der Waals surface area (Å²) in [5.41, 5.74) is -0.894. The van der Waals surface area contributed by atoms with Crippen molar-refractivity contribution in [2.45, 2.75) is 26.8 Å². The summed E-state index contributed by atoms with van der Waals surface area (Å²) in [6.45, 7) is 4.44. The Kier molecular flexibility index (Phi) is 5.75. The molecule has 7 heteroatoms. The number of ether oxygens (including phenoxy) is 1. The maximum Gasteiger partial charge on any atom is 0.325 e. The number of carbonyl (C=O) groups excluding carboxylic acids is 2. The minimum atomic E-state index is -1.31. The molecule has 1 aromatic carbocycles. The fourth-order valence-electron chi connectivity index (χ4n) is 1.72. The number of rotatable bonds is 5. The Morgan fingerprint density at radius 1 is 1.19 bits per heavy atom. The normalized spacial score (nSPS) is 10.6. The van der Waals surface area contributed by atoms with Crippen LogP contribution in [0.4, 0.5) is 13.2 Å². The van der Waals surface area contributed by atoms with Gasteiger partial charge in [-0.3, -0.25) is 9.59 Å². The minimum Gasteiger partial charge on any atom is -0.465 e. The number of esters is 1. The second-order valence-corrected chi connectivity index (χ2v) is 4.58. The van der Waals surface area contributed by atoms with Crippen molar-refractivity contribution in [2.75, 3.05) is 13.2 Å². The third kappa shape index (κ3) is 4.21. The minimum absolute atomic E-state index is 0.123. The van der Waals surface area contributed by atoms with Crippen LogP contribution in [0.1, 0.15) is 31.1 Å². The lowest BCUT2D eigenvalue weighted by Crippen LogP contribution is -2.42. The molecule has 1 aromatic rings. The van der Waals surface area contributed by atoms with Crippen LogP contribution in [0.25, 0.3) is 0 Å². The van der Waals surface area contributed by atoms with Crippen molar-refractivity contribution in [2.24, 2.45) is 0 Å². The molecule has 0 saturated heterocycles. The summed E-state index contributed by atoms with van der Waals surface area (Å²) in [6, 6.07) is 0.337. The topological polar surface area (TPSA) is 46.6 Å². The highest BCUT2D eigenvalue weighted by Crippen LogP contribution is 2.18. The first-order valence-corrected chi connectivity index (χ1v) is 6.39. The zero-order valence-corrected chi connectivity index (χ0v) is 12.0. The molecule has 0 aliphatic carbocycles. The molecule has 0 aliphatic heterocycles. The van der Waals surface area contributed by atoms with Crippen LogP contribution in [0.2, 0.25) is 0 Å². The number of halogens is 3. The Bertz CT molecular complexity index is 523.